The predicted molar refractivity (Wildman–Crippen MR) is 100 cm³/mol. The van der Waals surface area contributed by atoms with Gasteiger partial charge in [0.05, 0.1) is 30.5 Å². The summed E-state index contributed by atoms with van der Waals surface area (Å²) >= 11 is 7.85. The van der Waals surface area contributed by atoms with Crippen LogP contribution in [0.5, 0.6) is 0 Å². The first-order valence-corrected chi connectivity index (χ1v) is 9.26. The summed E-state index contributed by atoms with van der Waals surface area (Å²) in [6.45, 7) is 1.27. The van der Waals surface area contributed by atoms with Gasteiger partial charge in [-0.3, -0.25) is 9.98 Å². The second kappa shape index (κ2) is 6.22. The van der Waals surface area contributed by atoms with Crippen LogP contribution in [0.25, 0.3) is 0 Å². The molecule has 0 saturated carbocycles. The number of hydrogen-bond donors (Lipinski definition) is 0. The molecule has 3 nitrogen and oxygen atoms in total. The van der Waals surface area contributed by atoms with Gasteiger partial charge in [-0.15, -0.1) is 0 Å². The zero-order valence-corrected chi connectivity index (χ0v) is 14.6. The molecule has 0 aromatic heterocycles. The van der Waals surface area contributed by atoms with Gasteiger partial charge in [0.1, 0.15) is 5.82 Å². The Hall–Kier alpha value is -1.85. The van der Waals surface area contributed by atoms with Crippen molar-refractivity contribution in [2.24, 2.45) is 9.98 Å². The Morgan fingerprint density at radius 3 is 2.71 bits per heavy atom. The zero-order valence-electron chi connectivity index (χ0n) is 13.0. The number of halogens is 2. The first kappa shape index (κ1) is 15.7. The number of rotatable bonds is 1. The van der Waals surface area contributed by atoms with Crippen molar-refractivity contribution in [1.29, 1.82) is 0 Å². The number of aliphatic imine (C=N–C) groups is 2. The van der Waals surface area contributed by atoms with Crippen molar-refractivity contribution >= 4 is 39.9 Å². The van der Waals surface area contributed by atoms with Crippen LogP contribution in [0.15, 0.2) is 52.4 Å². The number of nitrogens with zero attached hydrogens (tertiary/aromatic N) is 3. The fourth-order valence-corrected chi connectivity index (χ4v) is 3.99. The minimum atomic E-state index is -0.275. The van der Waals surface area contributed by atoms with Crippen LogP contribution < -0.4 is 4.90 Å². The molecule has 122 valence electrons. The summed E-state index contributed by atoms with van der Waals surface area (Å²) in [5.74, 6) is -0.275. The molecule has 0 fully saturated rings. The highest BCUT2D eigenvalue weighted by Gasteiger charge is 2.33. The number of hydrogen-bond acceptors (Lipinski definition) is 4. The molecule has 24 heavy (non-hydrogen) atoms. The van der Waals surface area contributed by atoms with E-state index < -0.39 is 0 Å². The van der Waals surface area contributed by atoms with Gasteiger partial charge < -0.3 is 4.90 Å². The average Bonchev–Trinajstić information content (AvgIpc) is 2.93. The molecule has 6 heteroatoms. The van der Waals surface area contributed by atoms with Crippen LogP contribution in [0, 0.1) is 5.82 Å². The molecule has 2 aliphatic rings. The van der Waals surface area contributed by atoms with E-state index in [4.69, 9.17) is 16.6 Å². The van der Waals surface area contributed by atoms with E-state index in [1.54, 1.807) is 23.9 Å². The quantitative estimate of drug-likeness (QED) is 0.761. The van der Waals surface area contributed by atoms with Gasteiger partial charge in [0.15, 0.2) is 5.17 Å². The molecule has 1 atom stereocenters. The predicted octanol–water partition coefficient (Wildman–Crippen LogP) is 4.24. The van der Waals surface area contributed by atoms with Crippen LogP contribution in [0.3, 0.4) is 0 Å². The number of anilines is 1. The minimum Gasteiger partial charge on any atom is -0.314 e. The molecule has 0 spiro atoms. The third-order valence-electron chi connectivity index (χ3n) is 4.25. The standard InChI is InChI=1S/C18H15ClFN3S/c1-24-18-22-10-12-9-21-17(13-4-2-3-5-15(13)20)14-8-11(19)6-7-16(14)23(12)18/h2-8,12H,9-10H2,1H3. The maximum Gasteiger partial charge on any atom is 0.163 e. The Kier molecular flexibility index (Phi) is 4.06. The van der Waals surface area contributed by atoms with Crippen molar-refractivity contribution in [2.75, 3.05) is 24.2 Å². The molecular weight excluding hydrogens is 345 g/mol. The van der Waals surface area contributed by atoms with E-state index in [0.29, 0.717) is 29.4 Å². The van der Waals surface area contributed by atoms with Crippen LogP contribution in [-0.4, -0.2) is 36.3 Å². The van der Waals surface area contributed by atoms with Crippen LogP contribution in [0.2, 0.25) is 5.02 Å². The summed E-state index contributed by atoms with van der Waals surface area (Å²) in [6.07, 6.45) is 2.01. The number of amidine groups is 1. The number of benzene rings is 2. The first-order valence-electron chi connectivity index (χ1n) is 7.66. The fourth-order valence-electron chi connectivity index (χ4n) is 3.17. The van der Waals surface area contributed by atoms with Crippen molar-refractivity contribution < 1.29 is 4.39 Å². The van der Waals surface area contributed by atoms with Crippen molar-refractivity contribution in [3.8, 4) is 0 Å². The molecule has 0 aliphatic carbocycles. The summed E-state index contributed by atoms with van der Waals surface area (Å²) in [5, 5.41) is 1.58. The largest absolute Gasteiger partial charge is 0.314 e. The highest BCUT2D eigenvalue weighted by Crippen LogP contribution is 2.35. The van der Waals surface area contributed by atoms with Gasteiger partial charge in [0.2, 0.25) is 0 Å². The lowest BCUT2D eigenvalue weighted by Gasteiger charge is -2.26. The van der Waals surface area contributed by atoms with Gasteiger partial charge in [-0.05, 0) is 36.6 Å². The second-order valence-corrected chi connectivity index (χ2v) is 6.89. The third kappa shape index (κ3) is 2.52. The maximum atomic E-state index is 14.4. The van der Waals surface area contributed by atoms with E-state index in [2.05, 4.69) is 9.89 Å². The molecule has 4 rings (SSSR count). The van der Waals surface area contributed by atoms with Crippen molar-refractivity contribution in [3.63, 3.8) is 0 Å². The summed E-state index contributed by atoms with van der Waals surface area (Å²) in [5.41, 5.74) is 2.98. The fraction of sp³-hybridized carbons (Fsp3) is 0.222. The second-order valence-electron chi connectivity index (χ2n) is 5.68. The molecule has 0 N–H and O–H groups in total. The van der Waals surface area contributed by atoms with Gasteiger partial charge in [0, 0.05) is 16.1 Å². The van der Waals surface area contributed by atoms with E-state index in [1.807, 2.05) is 30.5 Å². The Balaban J connectivity index is 1.93. The van der Waals surface area contributed by atoms with E-state index >= 15 is 0 Å². The minimum absolute atomic E-state index is 0.164. The summed E-state index contributed by atoms with van der Waals surface area (Å²) < 4.78 is 14.4. The topological polar surface area (TPSA) is 28.0 Å². The maximum absolute atomic E-state index is 14.4. The monoisotopic (exact) mass is 359 g/mol. The molecule has 0 bridgehead atoms. The summed E-state index contributed by atoms with van der Waals surface area (Å²) in [4.78, 5) is 11.6. The smallest absolute Gasteiger partial charge is 0.163 e. The van der Waals surface area contributed by atoms with Crippen molar-refractivity contribution in [1.82, 2.24) is 0 Å². The Morgan fingerprint density at radius 1 is 1.12 bits per heavy atom. The van der Waals surface area contributed by atoms with E-state index in [0.717, 1.165) is 16.4 Å². The highest BCUT2D eigenvalue weighted by atomic mass is 35.5. The normalized spacial score (nSPS) is 19.3. The Labute approximate surface area is 149 Å². The molecule has 2 aliphatic heterocycles. The van der Waals surface area contributed by atoms with Gasteiger partial charge in [-0.2, -0.15) is 0 Å². The molecule has 2 aromatic rings. The molecule has 0 saturated heterocycles. The lowest BCUT2D eigenvalue weighted by Crippen LogP contribution is -2.37. The van der Waals surface area contributed by atoms with Crippen LogP contribution in [0.4, 0.5) is 10.1 Å². The van der Waals surface area contributed by atoms with Crippen molar-refractivity contribution in [2.45, 2.75) is 6.04 Å². The van der Waals surface area contributed by atoms with Gasteiger partial charge >= 0.3 is 0 Å². The number of fused-ring (bicyclic) bond motifs is 3. The van der Waals surface area contributed by atoms with Crippen LogP contribution in [0.1, 0.15) is 11.1 Å². The number of thioether (sulfide) groups is 1. The molecule has 2 aromatic carbocycles. The van der Waals surface area contributed by atoms with E-state index in [-0.39, 0.29) is 11.9 Å². The zero-order chi connectivity index (χ0) is 16.7. The van der Waals surface area contributed by atoms with Crippen LogP contribution >= 0.6 is 23.4 Å². The molecule has 0 amide bonds. The van der Waals surface area contributed by atoms with E-state index in [1.165, 1.54) is 6.07 Å². The molecule has 0 radical (unpaired) electrons. The highest BCUT2D eigenvalue weighted by molar-refractivity contribution is 8.13. The lowest BCUT2D eigenvalue weighted by atomic mass is 10.00. The summed E-state index contributed by atoms with van der Waals surface area (Å²) in [7, 11) is 0. The van der Waals surface area contributed by atoms with Gasteiger partial charge in [-0.25, -0.2) is 4.39 Å². The molecule has 1 unspecified atom stereocenters. The third-order valence-corrected chi connectivity index (χ3v) is 5.18. The van der Waals surface area contributed by atoms with Crippen molar-refractivity contribution in [3.05, 3.63) is 64.4 Å². The first-order chi connectivity index (χ1) is 11.7. The van der Waals surface area contributed by atoms with Gasteiger partial charge in [-0.1, -0.05) is 35.5 Å². The average molecular weight is 360 g/mol. The summed E-state index contributed by atoms with van der Waals surface area (Å²) in [6, 6.07) is 12.6. The SMILES string of the molecule is CSC1=NCC2CN=C(c3ccccc3F)c3cc(Cl)ccc3N12. The molecular formula is C18H15ClFN3S. The van der Waals surface area contributed by atoms with Gasteiger partial charge in [0.25, 0.3) is 0 Å². The van der Waals surface area contributed by atoms with E-state index in [9.17, 15) is 4.39 Å². The molecule has 2 heterocycles. The van der Waals surface area contributed by atoms with Crippen LogP contribution in [-0.2, 0) is 0 Å². The Bertz CT molecular complexity index is 865. The Morgan fingerprint density at radius 2 is 1.92 bits per heavy atom. The lowest BCUT2D eigenvalue weighted by molar-refractivity contribution is 0.625.